The molecule has 0 aliphatic rings. The molecule has 0 saturated heterocycles. The summed E-state index contributed by atoms with van der Waals surface area (Å²) in [5, 5.41) is 0. The first-order valence-corrected chi connectivity index (χ1v) is 4.92. The zero-order chi connectivity index (χ0) is 11.4. The van der Waals surface area contributed by atoms with Crippen molar-refractivity contribution in [3.05, 3.63) is 0 Å². The molecule has 0 aromatic heterocycles. The molecule has 0 aliphatic heterocycles. The summed E-state index contributed by atoms with van der Waals surface area (Å²) in [5.41, 5.74) is 0.103. The van der Waals surface area contributed by atoms with Crippen LogP contribution in [0.5, 0.6) is 0 Å². The van der Waals surface area contributed by atoms with E-state index < -0.39 is 0 Å². The number of esters is 1. The maximum Gasteiger partial charge on any atom is 0.311 e. The maximum atomic E-state index is 11.5. The third-order valence-corrected chi connectivity index (χ3v) is 2.27. The lowest BCUT2D eigenvalue weighted by atomic mass is 9.82. The average molecular weight is 202 g/mol. The first-order chi connectivity index (χ1) is 6.31. The van der Waals surface area contributed by atoms with Gasteiger partial charge in [0.05, 0.1) is 19.1 Å². The van der Waals surface area contributed by atoms with Crippen molar-refractivity contribution in [3.8, 4) is 0 Å². The lowest BCUT2D eigenvalue weighted by Gasteiger charge is -2.27. The second-order valence-corrected chi connectivity index (χ2v) is 4.84. The third-order valence-electron chi connectivity index (χ3n) is 2.27. The number of carbonyl (C=O) groups is 1. The lowest BCUT2D eigenvalue weighted by molar-refractivity contribution is -0.151. The number of rotatable bonds is 4. The molecule has 14 heavy (non-hydrogen) atoms. The molecule has 0 aromatic carbocycles. The van der Waals surface area contributed by atoms with Gasteiger partial charge in [-0.2, -0.15) is 0 Å². The largest absolute Gasteiger partial charge is 0.469 e. The molecule has 0 fully saturated rings. The second-order valence-electron chi connectivity index (χ2n) is 4.84. The first-order valence-electron chi connectivity index (χ1n) is 4.92. The topological polar surface area (TPSA) is 35.5 Å². The van der Waals surface area contributed by atoms with Gasteiger partial charge >= 0.3 is 5.97 Å². The van der Waals surface area contributed by atoms with Crippen molar-refractivity contribution in [2.45, 2.75) is 40.2 Å². The Morgan fingerprint density at radius 3 is 2.07 bits per heavy atom. The van der Waals surface area contributed by atoms with Crippen molar-refractivity contribution >= 4 is 5.97 Å². The van der Waals surface area contributed by atoms with Crippen LogP contribution >= 0.6 is 0 Å². The van der Waals surface area contributed by atoms with Gasteiger partial charge < -0.3 is 9.47 Å². The van der Waals surface area contributed by atoms with E-state index in [9.17, 15) is 4.79 Å². The summed E-state index contributed by atoms with van der Waals surface area (Å²) >= 11 is 0. The van der Waals surface area contributed by atoms with Gasteiger partial charge in [0.15, 0.2) is 0 Å². The summed E-state index contributed by atoms with van der Waals surface area (Å²) in [6.45, 7) is 8.20. The second kappa shape index (κ2) is 5.35. The quantitative estimate of drug-likeness (QED) is 0.656. The van der Waals surface area contributed by atoms with Crippen molar-refractivity contribution in [2.24, 2.45) is 11.3 Å². The summed E-state index contributed by atoms with van der Waals surface area (Å²) in [5.74, 6) is -0.362. The van der Waals surface area contributed by atoms with Gasteiger partial charge in [-0.15, -0.1) is 0 Å². The number of hydrogen-bond acceptors (Lipinski definition) is 3. The molecule has 3 nitrogen and oxygen atoms in total. The molecule has 0 aliphatic carbocycles. The van der Waals surface area contributed by atoms with Gasteiger partial charge in [0.1, 0.15) is 0 Å². The van der Waals surface area contributed by atoms with E-state index >= 15 is 0 Å². The molecule has 0 amide bonds. The van der Waals surface area contributed by atoms with Gasteiger partial charge in [0, 0.05) is 7.11 Å². The van der Waals surface area contributed by atoms with Gasteiger partial charge in [-0.25, -0.2) is 0 Å². The Bertz CT molecular complexity index is 181. The SMILES string of the molecule is COC(=O)[C@@H](CC(C)(C)C)[C@H](C)OC. The Morgan fingerprint density at radius 1 is 1.29 bits per heavy atom. The van der Waals surface area contributed by atoms with Crippen molar-refractivity contribution in [2.75, 3.05) is 14.2 Å². The predicted molar refractivity (Wildman–Crippen MR) is 56.0 cm³/mol. The van der Waals surface area contributed by atoms with Crippen molar-refractivity contribution < 1.29 is 14.3 Å². The minimum absolute atomic E-state index is 0.0957. The van der Waals surface area contributed by atoms with Crippen LogP contribution in [0, 0.1) is 11.3 Å². The van der Waals surface area contributed by atoms with Crippen LogP contribution in [-0.2, 0) is 14.3 Å². The van der Waals surface area contributed by atoms with Crippen LogP contribution in [0.1, 0.15) is 34.1 Å². The van der Waals surface area contributed by atoms with E-state index in [1.807, 2.05) is 6.92 Å². The van der Waals surface area contributed by atoms with Crippen molar-refractivity contribution in [1.29, 1.82) is 0 Å². The van der Waals surface area contributed by atoms with E-state index in [-0.39, 0.29) is 23.4 Å². The molecule has 0 bridgehead atoms. The van der Waals surface area contributed by atoms with Crippen molar-refractivity contribution in [1.82, 2.24) is 0 Å². The van der Waals surface area contributed by atoms with E-state index in [2.05, 4.69) is 20.8 Å². The molecule has 0 heterocycles. The maximum absolute atomic E-state index is 11.5. The van der Waals surface area contributed by atoms with Crippen LogP contribution < -0.4 is 0 Å². The third kappa shape index (κ3) is 4.61. The van der Waals surface area contributed by atoms with Crippen LogP contribution in [0.3, 0.4) is 0 Å². The molecular weight excluding hydrogens is 180 g/mol. The number of carbonyl (C=O) groups excluding carboxylic acids is 1. The fourth-order valence-corrected chi connectivity index (χ4v) is 1.42. The minimum atomic E-state index is -0.186. The Morgan fingerprint density at radius 2 is 1.79 bits per heavy atom. The molecule has 0 saturated carbocycles. The molecule has 2 atom stereocenters. The smallest absolute Gasteiger partial charge is 0.311 e. The highest BCUT2D eigenvalue weighted by Crippen LogP contribution is 2.28. The fraction of sp³-hybridized carbons (Fsp3) is 0.909. The Hall–Kier alpha value is -0.570. The highest BCUT2D eigenvalue weighted by atomic mass is 16.5. The molecule has 3 heteroatoms. The Labute approximate surface area is 86.8 Å². The van der Waals surface area contributed by atoms with Gasteiger partial charge in [0.25, 0.3) is 0 Å². The molecule has 0 spiro atoms. The molecular formula is C11H22O3. The molecule has 84 valence electrons. The molecule has 0 radical (unpaired) electrons. The van der Waals surface area contributed by atoms with Gasteiger partial charge in [-0.05, 0) is 18.8 Å². The standard InChI is InChI=1S/C11H22O3/c1-8(13-5)9(10(12)14-6)7-11(2,3)4/h8-9H,7H2,1-6H3/t8-,9-/m0/s1. The summed E-state index contributed by atoms with van der Waals surface area (Å²) in [4.78, 5) is 11.5. The summed E-state index contributed by atoms with van der Waals surface area (Å²) in [7, 11) is 3.03. The molecule has 0 unspecified atom stereocenters. The van der Waals surface area contributed by atoms with Crippen LogP contribution in [0.15, 0.2) is 0 Å². The van der Waals surface area contributed by atoms with Crippen LogP contribution in [0.25, 0.3) is 0 Å². The Kier molecular flexibility index (Phi) is 5.13. The summed E-state index contributed by atoms with van der Waals surface area (Å²) < 4.78 is 9.94. The minimum Gasteiger partial charge on any atom is -0.469 e. The van der Waals surface area contributed by atoms with E-state index in [1.54, 1.807) is 7.11 Å². The lowest BCUT2D eigenvalue weighted by Crippen LogP contribution is -2.32. The Balaban J connectivity index is 4.48. The van der Waals surface area contributed by atoms with Gasteiger partial charge in [-0.3, -0.25) is 4.79 Å². The number of hydrogen-bond donors (Lipinski definition) is 0. The first kappa shape index (κ1) is 13.4. The zero-order valence-corrected chi connectivity index (χ0v) is 10.1. The normalized spacial score (nSPS) is 16.1. The number of ether oxygens (including phenoxy) is 2. The molecule has 0 rings (SSSR count). The highest BCUT2D eigenvalue weighted by Gasteiger charge is 2.30. The highest BCUT2D eigenvalue weighted by molar-refractivity contribution is 5.72. The molecule has 0 aromatic rings. The van der Waals surface area contributed by atoms with Crippen LogP contribution in [-0.4, -0.2) is 26.3 Å². The van der Waals surface area contributed by atoms with Crippen LogP contribution in [0.2, 0.25) is 0 Å². The summed E-state index contributed by atoms with van der Waals surface area (Å²) in [6, 6.07) is 0. The van der Waals surface area contributed by atoms with Crippen molar-refractivity contribution in [3.63, 3.8) is 0 Å². The van der Waals surface area contributed by atoms with E-state index in [0.29, 0.717) is 0 Å². The van der Waals surface area contributed by atoms with E-state index in [0.717, 1.165) is 6.42 Å². The number of methoxy groups -OCH3 is 2. The van der Waals surface area contributed by atoms with Crippen LogP contribution in [0.4, 0.5) is 0 Å². The zero-order valence-electron chi connectivity index (χ0n) is 10.1. The predicted octanol–water partition coefficient (Wildman–Crippen LogP) is 2.25. The molecule has 0 N–H and O–H groups in total. The van der Waals surface area contributed by atoms with E-state index in [4.69, 9.17) is 9.47 Å². The fourth-order valence-electron chi connectivity index (χ4n) is 1.42. The van der Waals surface area contributed by atoms with Gasteiger partial charge in [0.2, 0.25) is 0 Å². The monoisotopic (exact) mass is 202 g/mol. The average Bonchev–Trinajstić information content (AvgIpc) is 2.10. The summed E-state index contributed by atoms with van der Waals surface area (Å²) in [6.07, 6.45) is 0.677. The van der Waals surface area contributed by atoms with Gasteiger partial charge in [-0.1, -0.05) is 20.8 Å². The van der Waals surface area contributed by atoms with E-state index in [1.165, 1.54) is 7.11 Å².